The van der Waals surface area contributed by atoms with Gasteiger partial charge in [-0.05, 0) is 18.2 Å². The van der Waals surface area contributed by atoms with Crippen LogP contribution in [0.4, 0.5) is 4.79 Å². The second-order valence-corrected chi connectivity index (χ2v) is 3.55. The zero-order chi connectivity index (χ0) is 11.0. The lowest BCUT2D eigenvalue weighted by Gasteiger charge is -2.01. The molecule has 0 atom stereocenters. The minimum absolute atomic E-state index is 0.278. The first-order valence-corrected chi connectivity index (χ1v) is 4.61. The molecule has 0 fully saturated rings. The fraction of sp³-hybridized carbons (Fsp3) is 0.100. The molecule has 78 valence electrons. The Labute approximate surface area is 90.6 Å². The number of carboxylic acid groups (broad SMARTS) is 1. The smallest absolute Gasteiger partial charge is 0.449 e. The second kappa shape index (κ2) is 3.47. The van der Waals surface area contributed by atoms with Gasteiger partial charge in [-0.3, -0.25) is 0 Å². The van der Waals surface area contributed by atoms with Gasteiger partial charge in [0, 0.05) is 23.5 Å². The standard InChI is InChI=1S/C10H8ClNO3/c1-12-8-3-2-7(11)4-6(8)5-9(12)15-10(13)14/h2-5H,1H3,(H,13,14). The van der Waals surface area contributed by atoms with Crippen LogP contribution >= 0.6 is 11.6 Å². The Morgan fingerprint density at radius 3 is 2.87 bits per heavy atom. The van der Waals surface area contributed by atoms with E-state index >= 15 is 0 Å². The highest BCUT2D eigenvalue weighted by atomic mass is 35.5. The predicted octanol–water partition coefficient (Wildman–Crippen LogP) is 2.89. The third-order valence-corrected chi connectivity index (χ3v) is 2.39. The summed E-state index contributed by atoms with van der Waals surface area (Å²) in [5.41, 5.74) is 0.871. The van der Waals surface area contributed by atoms with E-state index in [9.17, 15) is 4.79 Å². The molecule has 1 heterocycles. The third-order valence-electron chi connectivity index (χ3n) is 2.15. The van der Waals surface area contributed by atoms with Crippen molar-refractivity contribution in [3.8, 4) is 5.88 Å². The number of hydrogen-bond acceptors (Lipinski definition) is 2. The Bertz CT molecular complexity index is 533. The summed E-state index contributed by atoms with van der Waals surface area (Å²) in [5.74, 6) is 0.278. The molecular formula is C10H8ClNO3. The van der Waals surface area contributed by atoms with E-state index in [1.54, 1.807) is 29.8 Å². The van der Waals surface area contributed by atoms with Crippen LogP contribution < -0.4 is 4.74 Å². The Kier molecular flexibility index (Phi) is 2.28. The minimum atomic E-state index is -1.33. The number of carbonyl (C=O) groups is 1. The van der Waals surface area contributed by atoms with Crippen molar-refractivity contribution in [2.75, 3.05) is 0 Å². The molecule has 1 aromatic carbocycles. The van der Waals surface area contributed by atoms with Gasteiger partial charge in [-0.15, -0.1) is 0 Å². The first kappa shape index (κ1) is 9.86. The first-order chi connectivity index (χ1) is 7.08. The Balaban J connectivity index is 2.58. The number of halogens is 1. The normalized spacial score (nSPS) is 10.5. The number of fused-ring (bicyclic) bond motifs is 1. The molecule has 5 heteroatoms. The Morgan fingerprint density at radius 1 is 1.47 bits per heavy atom. The van der Waals surface area contributed by atoms with Crippen LogP contribution in [0.2, 0.25) is 5.02 Å². The fourth-order valence-electron chi connectivity index (χ4n) is 1.48. The number of ether oxygens (including phenoxy) is 1. The number of hydrogen-bond donors (Lipinski definition) is 1. The molecule has 0 bridgehead atoms. The SMILES string of the molecule is Cn1c(OC(=O)O)cc2cc(Cl)ccc21. The van der Waals surface area contributed by atoms with Gasteiger partial charge in [-0.2, -0.15) is 0 Å². The zero-order valence-corrected chi connectivity index (χ0v) is 8.65. The van der Waals surface area contributed by atoms with Gasteiger partial charge in [-0.1, -0.05) is 11.6 Å². The van der Waals surface area contributed by atoms with Crippen LogP contribution in [0.25, 0.3) is 10.9 Å². The highest BCUT2D eigenvalue weighted by Crippen LogP contribution is 2.26. The van der Waals surface area contributed by atoms with Crippen molar-refractivity contribution in [1.82, 2.24) is 4.57 Å². The monoisotopic (exact) mass is 225 g/mol. The summed E-state index contributed by atoms with van der Waals surface area (Å²) in [7, 11) is 1.73. The maximum absolute atomic E-state index is 10.4. The van der Waals surface area contributed by atoms with E-state index in [1.807, 2.05) is 6.07 Å². The highest BCUT2D eigenvalue weighted by Gasteiger charge is 2.09. The van der Waals surface area contributed by atoms with Gasteiger partial charge in [0.05, 0.1) is 5.52 Å². The lowest BCUT2D eigenvalue weighted by molar-refractivity contribution is 0.141. The lowest BCUT2D eigenvalue weighted by atomic mass is 10.2. The molecule has 4 nitrogen and oxygen atoms in total. The number of rotatable bonds is 1. The summed E-state index contributed by atoms with van der Waals surface area (Å²) in [5, 5.41) is 9.96. The van der Waals surface area contributed by atoms with Gasteiger partial charge in [-0.25, -0.2) is 4.79 Å². The Hall–Kier alpha value is -1.68. The van der Waals surface area contributed by atoms with E-state index in [0.29, 0.717) is 5.02 Å². The summed E-state index contributed by atoms with van der Waals surface area (Å²) in [6.45, 7) is 0. The molecule has 0 aliphatic carbocycles. The summed E-state index contributed by atoms with van der Waals surface area (Å²) in [6, 6.07) is 6.95. The second-order valence-electron chi connectivity index (χ2n) is 3.11. The van der Waals surface area contributed by atoms with Crippen LogP contribution in [0.1, 0.15) is 0 Å². The molecule has 0 spiro atoms. The van der Waals surface area contributed by atoms with E-state index in [-0.39, 0.29) is 5.88 Å². The molecule has 0 aliphatic heterocycles. The zero-order valence-electron chi connectivity index (χ0n) is 7.90. The molecule has 2 aromatic rings. The van der Waals surface area contributed by atoms with Crippen LogP contribution in [-0.2, 0) is 7.05 Å². The van der Waals surface area contributed by atoms with Crippen molar-refractivity contribution in [3.05, 3.63) is 29.3 Å². The summed E-state index contributed by atoms with van der Waals surface area (Å²) in [6.07, 6.45) is -1.33. The summed E-state index contributed by atoms with van der Waals surface area (Å²) in [4.78, 5) is 10.4. The van der Waals surface area contributed by atoms with Crippen molar-refractivity contribution < 1.29 is 14.6 Å². The minimum Gasteiger partial charge on any atom is -0.449 e. The molecule has 0 amide bonds. The molecule has 0 unspecified atom stereocenters. The van der Waals surface area contributed by atoms with Crippen LogP contribution in [0.15, 0.2) is 24.3 Å². The molecule has 0 saturated heterocycles. The molecular weight excluding hydrogens is 218 g/mol. The van der Waals surface area contributed by atoms with E-state index in [4.69, 9.17) is 16.7 Å². The molecule has 1 N–H and O–H groups in total. The van der Waals surface area contributed by atoms with E-state index in [1.165, 1.54) is 0 Å². The van der Waals surface area contributed by atoms with Gasteiger partial charge in [0.25, 0.3) is 0 Å². The molecule has 0 saturated carbocycles. The number of nitrogens with zero attached hydrogens (tertiary/aromatic N) is 1. The average Bonchev–Trinajstić information content (AvgIpc) is 2.42. The average molecular weight is 226 g/mol. The summed E-state index contributed by atoms with van der Waals surface area (Å²) >= 11 is 5.82. The Morgan fingerprint density at radius 2 is 2.20 bits per heavy atom. The van der Waals surface area contributed by atoms with Crippen molar-refractivity contribution >= 4 is 28.7 Å². The fourth-order valence-corrected chi connectivity index (χ4v) is 1.66. The van der Waals surface area contributed by atoms with Crippen LogP contribution in [-0.4, -0.2) is 15.8 Å². The molecule has 0 radical (unpaired) electrons. The molecule has 0 aliphatic rings. The van der Waals surface area contributed by atoms with Gasteiger partial charge in [0.1, 0.15) is 0 Å². The van der Waals surface area contributed by atoms with Crippen molar-refractivity contribution in [3.63, 3.8) is 0 Å². The van der Waals surface area contributed by atoms with Crippen molar-refractivity contribution in [2.24, 2.45) is 7.05 Å². The molecule has 2 rings (SSSR count). The number of benzene rings is 1. The van der Waals surface area contributed by atoms with Crippen molar-refractivity contribution in [2.45, 2.75) is 0 Å². The predicted molar refractivity (Wildman–Crippen MR) is 56.6 cm³/mol. The van der Waals surface area contributed by atoms with Gasteiger partial charge in [0.15, 0.2) is 0 Å². The summed E-state index contributed by atoms with van der Waals surface area (Å²) < 4.78 is 6.26. The largest absolute Gasteiger partial charge is 0.512 e. The van der Waals surface area contributed by atoms with Crippen LogP contribution in [0.5, 0.6) is 5.88 Å². The lowest BCUT2D eigenvalue weighted by Crippen LogP contribution is -2.05. The van der Waals surface area contributed by atoms with Gasteiger partial charge >= 0.3 is 6.16 Å². The van der Waals surface area contributed by atoms with E-state index in [2.05, 4.69) is 4.74 Å². The van der Waals surface area contributed by atoms with Crippen LogP contribution in [0, 0.1) is 0 Å². The maximum atomic E-state index is 10.4. The highest BCUT2D eigenvalue weighted by molar-refractivity contribution is 6.31. The van der Waals surface area contributed by atoms with E-state index in [0.717, 1.165) is 10.9 Å². The topological polar surface area (TPSA) is 51.5 Å². The molecule has 1 aromatic heterocycles. The van der Waals surface area contributed by atoms with Crippen molar-refractivity contribution in [1.29, 1.82) is 0 Å². The first-order valence-electron chi connectivity index (χ1n) is 4.23. The van der Waals surface area contributed by atoms with Crippen LogP contribution in [0.3, 0.4) is 0 Å². The van der Waals surface area contributed by atoms with E-state index < -0.39 is 6.16 Å². The number of aromatic nitrogens is 1. The quantitative estimate of drug-likeness (QED) is 0.760. The third kappa shape index (κ3) is 1.76. The van der Waals surface area contributed by atoms with Gasteiger partial charge in [0.2, 0.25) is 5.88 Å². The maximum Gasteiger partial charge on any atom is 0.512 e. The molecule has 15 heavy (non-hydrogen) atoms. The number of aryl methyl sites for hydroxylation is 1. The van der Waals surface area contributed by atoms with Gasteiger partial charge < -0.3 is 14.4 Å².